The molecular weight excluding hydrogens is 416 g/mol. The Labute approximate surface area is 182 Å². The number of nitrogens with zero attached hydrogens (tertiary/aromatic N) is 3. The third kappa shape index (κ3) is 4.03. The van der Waals surface area contributed by atoms with Crippen molar-refractivity contribution in [3.05, 3.63) is 82.4 Å². The summed E-state index contributed by atoms with van der Waals surface area (Å²) in [6.45, 7) is 1.89. The van der Waals surface area contributed by atoms with E-state index in [0.29, 0.717) is 28.0 Å². The molecule has 164 valence electrons. The fourth-order valence-corrected chi connectivity index (χ4v) is 3.52. The molecule has 4 aromatic rings. The fraction of sp³-hybridized carbons (Fsp3) is 0.208. The minimum Gasteiger partial charge on any atom is -0.497 e. The topological polar surface area (TPSA) is 66.1 Å². The zero-order chi connectivity index (χ0) is 22.8. The third-order valence-electron chi connectivity index (χ3n) is 5.34. The number of halogens is 2. The van der Waals surface area contributed by atoms with Gasteiger partial charge in [0.1, 0.15) is 5.75 Å². The number of carbonyl (C=O) groups excluding carboxylic acids is 1. The number of hydrogen-bond acceptors (Lipinski definition) is 4. The van der Waals surface area contributed by atoms with Crippen molar-refractivity contribution in [2.75, 3.05) is 7.11 Å². The lowest BCUT2D eigenvalue weighted by Gasteiger charge is -2.06. The van der Waals surface area contributed by atoms with Crippen LogP contribution in [0.2, 0.25) is 0 Å². The summed E-state index contributed by atoms with van der Waals surface area (Å²) < 4.78 is 35.1. The Morgan fingerprint density at radius 3 is 2.41 bits per heavy atom. The fourth-order valence-electron chi connectivity index (χ4n) is 3.52. The van der Waals surface area contributed by atoms with Gasteiger partial charge < -0.3 is 4.74 Å². The summed E-state index contributed by atoms with van der Waals surface area (Å²) in [6, 6.07) is 12.5. The number of hydrogen-bond donors (Lipinski definition) is 0. The third-order valence-corrected chi connectivity index (χ3v) is 5.34. The quantitative estimate of drug-likeness (QED) is 0.435. The van der Waals surface area contributed by atoms with Gasteiger partial charge in [-0.05, 0) is 41.5 Å². The Morgan fingerprint density at radius 1 is 1.00 bits per heavy atom. The number of benzene rings is 2. The normalized spacial score (nSPS) is 11.1. The average molecular weight is 437 g/mol. The number of carbonyl (C=O) groups is 1. The Balaban J connectivity index is 1.84. The van der Waals surface area contributed by atoms with Gasteiger partial charge in [-0.25, -0.2) is 18.6 Å². The van der Waals surface area contributed by atoms with E-state index in [1.807, 2.05) is 12.1 Å². The predicted molar refractivity (Wildman–Crippen MR) is 117 cm³/mol. The average Bonchev–Trinajstić information content (AvgIpc) is 3.06. The second-order valence-corrected chi connectivity index (χ2v) is 7.39. The molecule has 0 saturated carbocycles. The lowest BCUT2D eigenvalue weighted by atomic mass is 10.1. The number of Topliss-reactive ketones (excluding diaryl/α,β-unsaturated/α-hetero) is 1. The van der Waals surface area contributed by atoms with Gasteiger partial charge in [-0.2, -0.15) is 0 Å². The van der Waals surface area contributed by atoms with E-state index in [0.717, 1.165) is 17.7 Å². The number of fused-ring (bicyclic) bond motifs is 1. The van der Waals surface area contributed by atoms with Crippen LogP contribution in [0.25, 0.3) is 22.3 Å². The molecular formula is C24H21F2N3O3. The number of imidazole rings is 1. The molecule has 2 aromatic carbocycles. The van der Waals surface area contributed by atoms with Crippen LogP contribution in [0.4, 0.5) is 8.78 Å². The molecule has 32 heavy (non-hydrogen) atoms. The molecule has 0 aliphatic carbocycles. The zero-order valence-corrected chi connectivity index (χ0v) is 17.6. The highest BCUT2D eigenvalue weighted by atomic mass is 19.2. The first-order valence-corrected chi connectivity index (χ1v) is 10.1. The molecule has 2 aromatic heterocycles. The summed E-state index contributed by atoms with van der Waals surface area (Å²) in [5, 5.41) is 0. The molecule has 8 heteroatoms. The van der Waals surface area contributed by atoms with Crippen LogP contribution in [-0.2, 0) is 17.9 Å². The predicted octanol–water partition coefficient (Wildman–Crippen LogP) is 4.18. The maximum Gasteiger partial charge on any atom is 0.331 e. The summed E-state index contributed by atoms with van der Waals surface area (Å²) in [6.07, 6.45) is 1.79. The van der Waals surface area contributed by atoms with E-state index < -0.39 is 11.6 Å². The van der Waals surface area contributed by atoms with E-state index in [1.54, 1.807) is 32.2 Å². The van der Waals surface area contributed by atoms with Gasteiger partial charge >= 0.3 is 5.69 Å². The van der Waals surface area contributed by atoms with Crippen molar-refractivity contribution < 1.29 is 18.3 Å². The smallest absolute Gasteiger partial charge is 0.331 e. The van der Waals surface area contributed by atoms with Gasteiger partial charge in [-0.1, -0.05) is 25.1 Å². The van der Waals surface area contributed by atoms with Crippen molar-refractivity contribution in [2.45, 2.75) is 26.4 Å². The number of pyridine rings is 1. The molecule has 0 fully saturated rings. The summed E-state index contributed by atoms with van der Waals surface area (Å²) in [4.78, 5) is 29.8. The summed E-state index contributed by atoms with van der Waals surface area (Å²) in [5.74, 6) is -1.32. The lowest BCUT2D eigenvalue weighted by molar-refractivity contribution is -0.119. The van der Waals surface area contributed by atoms with Crippen LogP contribution in [0.5, 0.6) is 5.75 Å². The Kier molecular flexibility index (Phi) is 5.85. The molecule has 0 saturated heterocycles. The van der Waals surface area contributed by atoms with Crippen molar-refractivity contribution in [3.63, 3.8) is 0 Å². The monoisotopic (exact) mass is 437 g/mol. The zero-order valence-electron chi connectivity index (χ0n) is 17.6. The SMILES string of the molecule is CCC(=O)Cn1c(=O)n(Cc2ccc(OC)cc2)c2ncc(-c3ccc(F)c(F)c3)cc21. The van der Waals surface area contributed by atoms with Crippen molar-refractivity contribution >= 4 is 16.9 Å². The van der Waals surface area contributed by atoms with E-state index in [1.165, 1.54) is 21.4 Å². The second kappa shape index (κ2) is 8.74. The van der Waals surface area contributed by atoms with Crippen LogP contribution in [0.15, 0.2) is 59.5 Å². The Morgan fingerprint density at radius 2 is 1.75 bits per heavy atom. The molecule has 0 unspecified atom stereocenters. The summed E-state index contributed by atoms with van der Waals surface area (Å²) in [5.41, 5.74) is 2.28. The molecule has 0 aliphatic rings. The number of methoxy groups -OCH3 is 1. The Bertz CT molecular complexity index is 1360. The van der Waals surface area contributed by atoms with E-state index in [4.69, 9.17) is 4.74 Å². The van der Waals surface area contributed by atoms with E-state index in [9.17, 15) is 18.4 Å². The van der Waals surface area contributed by atoms with E-state index in [2.05, 4.69) is 4.98 Å². The maximum atomic E-state index is 13.7. The van der Waals surface area contributed by atoms with Gasteiger partial charge in [-0.3, -0.25) is 13.9 Å². The molecule has 0 bridgehead atoms. The van der Waals surface area contributed by atoms with Crippen molar-refractivity contribution in [1.82, 2.24) is 14.1 Å². The highest BCUT2D eigenvalue weighted by Gasteiger charge is 2.18. The number of rotatable bonds is 7. The van der Waals surface area contributed by atoms with Gasteiger partial charge in [0.15, 0.2) is 23.1 Å². The summed E-state index contributed by atoms with van der Waals surface area (Å²) in [7, 11) is 1.58. The van der Waals surface area contributed by atoms with Gasteiger partial charge in [0, 0.05) is 18.2 Å². The van der Waals surface area contributed by atoms with Crippen LogP contribution in [0.1, 0.15) is 18.9 Å². The standard InChI is InChI=1S/C24H21F2N3O3/c1-3-18(30)14-28-22-11-17(16-6-9-20(25)21(26)10-16)12-27-23(22)29(24(28)31)13-15-4-7-19(32-2)8-5-15/h4-12H,3,13-14H2,1-2H3. The van der Waals surface area contributed by atoms with E-state index in [-0.39, 0.29) is 31.0 Å². The molecule has 0 amide bonds. The van der Waals surface area contributed by atoms with Crippen molar-refractivity contribution in [3.8, 4) is 16.9 Å². The highest BCUT2D eigenvalue weighted by Crippen LogP contribution is 2.25. The van der Waals surface area contributed by atoms with Gasteiger partial charge in [0.05, 0.1) is 25.7 Å². The van der Waals surface area contributed by atoms with Crippen LogP contribution in [0, 0.1) is 11.6 Å². The molecule has 0 aliphatic heterocycles. The Hall–Kier alpha value is -3.81. The van der Waals surface area contributed by atoms with Gasteiger partial charge in [0.2, 0.25) is 0 Å². The van der Waals surface area contributed by atoms with Crippen LogP contribution < -0.4 is 10.4 Å². The molecule has 0 atom stereocenters. The largest absolute Gasteiger partial charge is 0.497 e. The van der Waals surface area contributed by atoms with E-state index >= 15 is 0 Å². The van der Waals surface area contributed by atoms with Gasteiger partial charge in [0.25, 0.3) is 0 Å². The van der Waals surface area contributed by atoms with Crippen LogP contribution >= 0.6 is 0 Å². The number of ketones is 1. The minimum atomic E-state index is -0.974. The number of ether oxygens (including phenoxy) is 1. The van der Waals surface area contributed by atoms with Crippen molar-refractivity contribution in [2.24, 2.45) is 0 Å². The first kappa shape index (κ1) is 21.4. The van der Waals surface area contributed by atoms with Crippen LogP contribution in [0.3, 0.4) is 0 Å². The van der Waals surface area contributed by atoms with Crippen molar-refractivity contribution in [1.29, 1.82) is 0 Å². The summed E-state index contributed by atoms with van der Waals surface area (Å²) >= 11 is 0. The van der Waals surface area contributed by atoms with Crippen LogP contribution in [-0.4, -0.2) is 27.0 Å². The molecule has 4 rings (SSSR count). The van der Waals surface area contributed by atoms with Gasteiger partial charge in [-0.15, -0.1) is 0 Å². The second-order valence-electron chi connectivity index (χ2n) is 7.39. The first-order chi connectivity index (χ1) is 15.4. The molecule has 0 N–H and O–H groups in total. The highest BCUT2D eigenvalue weighted by molar-refractivity contribution is 5.83. The molecule has 0 radical (unpaired) electrons. The molecule has 0 spiro atoms. The lowest BCUT2D eigenvalue weighted by Crippen LogP contribution is -2.27. The first-order valence-electron chi connectivity index (χ1n) is 10.1. The molecule has 2 heterocycles. The maximum absolute atomic E-state index is 13.7. The minimum absolute atomic E-state index is 0.0929. The molecule has 6 nitrogen and oxygen atoms in total. The number of aromatic nitrogens is 3.